The van der Waals surface area contributed by atoms with Gasteiger partial charge in [0.15, 0.2) is 17.4 Å². The average molecular weight is 525 g/mol. The molecule has 0 bridgehead atoms. The number of nitrogens with zero attached hydrogens (tertiary/aromatic N) is 2. The Bertz CT molecular complexity index is 1260. The molecule has 2 aromatic carbocycles. The lowest BCUT2D eigenvalue weighted by atomic mass is 9.82. The molecule has 0 radical (unpaired) electrons. The third kappa shape index (κ3) is 6.89. The van der Waals surface area contributed by atoms with E-state index in [0.29, 0.717) is 43.6 Å². The minimum Gasteiger partial charge on any atom is -0.343 e. The van der Waals surface area contributed by atoms with Crippen LogP contribution in [0.5, 0.6) is 0 Å². The van der Waals surface area contributed by atoms with Crippen LogP contribution >= 0.6 is 11.3 Å². The number of aromatic nitrogens is 1. The lowest BCUT2D eigenvalue weighted by molar-refractivity contribution is -0.132. The van der Waals surface area contributed by atoms with Crippen LogP contribution in [0.15, 0.2) is 47.8 Å². The van der Waals surface area contributed by atoms with E-state index in [1.165, 1.54) is 28.5 Å². The van der Waals surface area contributed by atoms with Crippen LogP contribution in [0.25, 0.3) is 0 Å². The normalized spacial score (nSPS) is 14.7. The van der Waals surface area contributed by atoms with Gasteiger partial charge >= 0.3 is 0 Å². The second-order valence-corrected chi connectivity index (χ2v) is 11.7. The number of carbonyl (C=O) groups is 2. The fourth-order valence-electron chi connectivity index (χ4n) is 4.93. The van der Waals surface area contributed by atoms with E-state index in [-0.39, 0.29) is 29.4 Å². The zero-order chi connectivity index (χ0) is 26.6. The third-order valence-electron chi connectivity index (χ3n) is 7.06. The Labute approximate surface area is 221 Å². The standard InChI is InChI=1S/C30H34F2N2O2S/c1-30(2,3)23-7-5-4-6-21(23)10-12-27(35)26-19-37-29(33-26)22-14-16-34(17-15-22)28(36)13-9-20-8-11-24(31)25(32)18-20/h4-8,11,18-19,22H,9-10,12-17H2,1-3H3. The van der Waals surface area contributed by atoms with E-state index in [1.807, 2.05) is 22.4 Å². The summed E-state index contributed by atoms with van der Waals surface area (Å²) in [6, 6.07) is 12.1. The van der Waals surface area contributed by atoms with Gasteiger partial charge in [-0.3, -0.25) is 9.59 Å². The van der Waals surface area contributed by atoms with Crippen molar-refractivity contribution in [2.75, 3.05) is 13.1 Å². The number of likely N-dealkylation sites (tertiary alicyclic amines) is 1. The summed E-state index contributed by atoms with van der Waals surface area (Å²) in [5, 5.41) is 2.83. The average Bonchev–Trinajstić information content (AvgIpc) is 3.38. The number of ketones is 1. The maximum Gasteiger partial charge on any atom is 0.222 e. The summed E-state index contributed by atoms with van der Waals surface area (Å²) < 4.78 is 26.5. The van der Waals surface area contributed by atoms with Crippen molar-refractivity contribution in [3.8, 4) is 0 Å². The minimum absolute atomic E-state index is 0.0220. The summed E-state index contributed by atoms with van der Waals surface area (Å²) in [5.74, 6) is -1.44. The SMILES string of the molecule is CC(C)(C)c1ccccc1CCC(=O)c1csc(C2CCN(C(=O)CCc3ccc(F)c(F)c3)CC2)n1. The van der Waals surface area contributed by atoms with Gasteiger partial charge in [-0.05, 0) is 59.9 Å². The lowest BCUT2D eigenvalue weighted by Crippen LogP contribution is -2.38. The Balaban J connectivity index is 1.26. The number of benzene rings is 2. The Morgan fingerprint density at radius 3 is 2.43 bits per heavy atom. The van der Waals surface area contributed by atoms with E-state index in [2.05, 4.69) is 37.9 Å². The summed E-state index contributed by atoms with van der Waals surface area (Å²) in [7, 11) is 0. The molecule has 1 fully saturated rings. The smallest absolute Gasteiger partial charge is 0.222 e. The van der Waals surface area contributed by atoms with Crippen LogP contribution in [0.3, 0.4) is 0 Å². The highest BCUT2D eigenvalue weighted by Crippen LogP contribution is 2.31. The van der Waals surface area contributed by atoms with Gasteiger partial charge in [0.1, 0.15) is 5.69 Å². The number of hydrogen-bond acceptors (Lipinski definition) is 4. The number of halogens is 2. The largest absolute Gasteiger partial charge is 0.343 e. The fraction of sp³-hybridized carbons (Fsp3) is 0.433. The Morgan fingerprint density at radius 1 is 1.00 bits per heavy atom. The molecule has 0 unspecified atom stereocenters. The molecule has 0 saturated carbocycles. The van der Waals surface area contributed by atoms with Crippen molar-refractivity contribution < 1.29 is 18.4 Å². The van der Waals surface area contributed by atoms with Crippen LogP contribution in [0, 0.1) is 11.6 Å². The van der Waals surface area contributed by atoms with Gasteiger partial charge in [-0.1, -0.05) is 51.1 Å². The molecule has 196 valence electrons. The van der Waals surface area contributed by atoms with Crippen molar-refractivity contribution in [1.82, 2.24) is 9.88 Å². The molecular weight excluding hydrogens is 490 g/mol. The maximum absolute atomic E-state index is 13.4. The van der Waals surface area contributed by atoms with E-state index >= 15 is 0 Å². The summed E-state index contributed by atoms with van der Waals surface area (Å²) in [6.45, 7) is 7.82. The van der Waals surface area contributed by atoms with Crippen LogP contribution in [-0.2, 0) is 23.1 Å². The summed E-state index contributed by atoms with van der Waals surface area (Å²) >= 11 is 1.53. The number of aryl methyl sites for hydroxylation is 2. The number of carbonyl (C=O) groups excluding carboxylic acids is 2. The molecule has 4 nitrogen and oxygen atoms in total. The number of thiazole rings is 1. The van der Waals surface area contributed by atoms with Gasteiger partial charge in [-0.25, -0.2) is 13.8 Å². The predicted molar refractivity (Wildman–Crippen MR) is 143 cm³/mol. The molecule has 1 saturated heterocycles. The molecule has 7 heteroatoms. The first-order valence-electron chi connectivity index (χ1n) is 12.9. The quantitative estimate of drug-likeness (QED) is 0.302. The van der Waals surface area contributed by atoms with Gasteiger partial charge in [0, 0.05) is 37.2 Å². The van der Waals surface area contributed by atoms with Crippen molar-refractivity contribution in [2.45, 2.75) is 70.6 Å². The van der Waals surface area contributed by atoms with Crippen molar-refractivity contribution in [3.63, 3.8) is 0 Å². The number of piperidine rings is 1. The molecule has 0 N–H and O–H groups in total. The van der Waals surface area contributed by atoms with E-state index < -0.39 is 11.6 Å². The van der Waals surface area contributed by atoms with E-state index in [4.69, 9.17) is 0 Å². The molecule has 1 aromatic heterocycles. The van der Waals surface area contributed by atoms with Gasteiger partial charge in [0.25, 0.3) is 0 Å². The zero-order valence-corrected chi connectivity index (χ0v) is 22.5. The number of Topliss-reactive ketones (excluding diaryl/α,β-unsaturated/α-hetero) is 1. The molecule has 0 spiro atoms. The second-order valence-electron chi connectivity index (χ2n) is 10.8. The Kier molecular flexibility index (Phi) is 8.53. The first kappa shape index (κ1) is 27.1. The molecule has 3 aromatic rings. The van der Waals surface area contributed by atoms with Gasteiger partial charge in [-0.15, -0.1) is 11.3 Å². The minimum atomic E-state index is -0.887. The molecule has 1 aliphatic rings. The van der Waals surface area contributed by atoms with Gasteiger partial charge in [0.2, 0.25) is 5.91 Å². The highest BCUT2D eigenvalue weighted by molar-refractivity contribution is 7.09. The molecule has 1 aliphatic heterocycles. The number of rotatable bonds is 8. The number of hydrogen-bond donors (Lipinski definition) is 0. The van der Waals surface area contributed by atoms with Crippen molar-refractivity contribution >= 4 is 23.0 Å². The molecule has 4 rings (SSSR count). The van der Waals surface area contributed by atoms with E-state index in [0.717, 1.165) is 30.0 Å². The Hall–Kier alpha value is -2.93. The van der Waals surface area contributed by atoms with Gasteiger partial charge in [0.05, 0.1) is 5.01 Å². The molecule has 37 heavy (non-hydrogen) atoms. The Morgan fingerprint density at radius 2 is 1.73 bits per heavy atom. The number of amides is 1. The first-order valence-corrected chi connectivity index (χ1v) is 13.8. The summed E-state index contributed by atoms with van der Waals surface area (Å²) in [5.41, 5.74) is 3.67. The van der Waals surface area contributed by atoms with Crippen molar-refractivity contribution in [2.24, 2.45) is 0 Å². The lowest BCUT2D eigenvalue weighted by Gasteiger charge is -2.31. The topological polar surface area (TPSA) is 50.3 Å². The molecule has 0 aliphatic carbocycles. The van der Waals surface area contributed by atoms with Crippen LogP contribution in [0.4, 0.5) is 8.78 Å². The van der Waals surface area contributed by atoms with Gasteiger partial charge in [-0.2, -0.15) is 0 Å². The highest BCUT2D eigenvalue weighted by Gasteiger charge is 2.26. The monoisotopic (exact) mass is 524 g/mol. The molecule has 1 amide bonds. The van der Waals surface area contributed by atoms with Crippen LogP contribution in [0.1, 0.15) is 84.6 Å². The highest BCUT2D eigenvalue weighted by atomic mass is 32.1. The van der Waals surface area contributed by atoms with E-state index in [9.17, 15) is 18.4 Å². The van der Waals surface area contributed by atoms with Crippen LogP contribution in [0.2, 0.25) is 0 Å². The van der Waals surface area contributed by atoms with Crippen molar-refractivity contribution in [1.29, 1.82) is 0 Å². The van der Waals surface area contributed by atoms with Crippen LogP contribution in [-0.4, -0.2) is 34.7 Å². The fourth-order valence-corrected chi connectivity index (χ4v) is 5.93. The maximum atomic E-state index is 13.4. The third-order valence-corrected chi connectivity index (χ3v) is 8.07. The van der Waals surface area contributed by atoms with Crippen LogP contribution < -0.4 is 0 Å². The van der Waals surface area contributed by atoms with E-state index in [1.54, 1.807) is 0 Å². The second kappa shape index (κ2) is 11.6. The van der Waals surface area contributed by atoms with Crippen molar-refractivity contribution in [3.05, 3.63) is 86.9 Å². The predicted octanol–water partition coefficient (Wildman–Crippen LogP) is 6.87. The zero-order valence-electron chi connectivity index (χ0n) is 21.7. The summed E-state index contributed by atoms with van der Waals surface area (Å²) in [4.78, 5) is 32.0. The molecule has 0 atom stereocenters. The first-order chi connectivity index (χ1) is 17.6. The molecular formula is C30H34F2N2O2S. The molecule has 2 heterocycles. The summed E-state index contributed by atoms with van der Waals surface area (Å²) in [6.07, 6.45) is 3.39. The van der Waals surface area contributed by atoms with Gasteiger partial charge < -0.3 is 4.90 Å².